The third-order valence-corrected chi connectivity index (χ3v) is 3.90. The highest BCUT2D eigenvalue weighted by molar-refractivity contribution is 6.55. The normalized spacial score (nSPS) is 11.6. The maximum absolute atomic E-state index is 12.2. The molecule has 21 heavy (non-hydrogen) atoms. The second-order valence-corrected chi connectivity index (χ2v) is 6.28. The molecule has 0 atom stereocenters. The number of aromatic hydroxyl groups is 1. The first-order valence-corrected chi connectivity index (χ1v) is 7.31. The van der Waals surface area contributed by atoms with Gasteiger partial charge in [0.25, 0.3) is 5.56 Å². The fourth-order valence-electron chi connectivity index (χ4n) is 2.24. The lowest BCUT2D eigenvalue weighted by atomic mass is 9.99. The lowest BCUT2D eigenvalue weighted by Crippen LogP contribution is -2.27. The predicted molar refractivity (Wildman–Crippen MR) is 84.8 cm³/mol. The van der Waals surface area contributed by atoms with Crippen molar-refractivity contribution in [2.24, 2.45) is 7.05 Å². The van der Waals surface area contributed by atoms with Crippen LogP contribution < -0.4 is 5.56 Å². The number of pyridine rings is 1. The highest BCUT2D eigenvalue weighted by atomic mass is 35.5. The molecular formula is C15H15Cl2NO3. The fourth-order valence-corrected chi connectivity index (χ4v) is 2.46. The van der Waals surface area contributed by atoms with Gasteiger partial charge in [0, 0.05) is 12.4 Å². The molecule has 0 fully saturated rings. The maximum Gasteiger partial charge on any atom is 0.265 e. The van der Waals surface area contributed by atoms with Gasteiger partial charge in [-0.2, -0.15) is 0 Å². The van der Waals surface area contributed by atoms with Crippen LogP contribution in [0.3, 0.4) is 0 Å². The molecule has 1 aromatic heterocycles. The van der Waals surface area contributed by atoms with Gasteiger partial charge in [-0.05, 0) is 23.6 Å². The molecule has 0 amide bonds. The third kappa shape index (κ3) is 2.65. The van der Waals surface area contributed by atoms with E-state index in [1.807, 2.05) is 19.9 Å². The number of rotatable bonds is 3. The lowest BCUT2D eigenvalue weighted by Gasteiger charge is -2.13. The van der Waals surface area contributed by atoms with Gasteiger partial charge >= 0.3 is 0 Å². The van der Waals surface area contributed by atoms with Crippen molar-refractivity contribution in [3.05, 3.63) is 39.7 Å². The van der Waals surface area contributed by atoms with Crippen LogP contribution in [0, 0.1) is 0 Å². The fraction of sp³-hybridized carbons (Fsp3) is 0.333. The van der Waals surface area contributed by atoms with Gasteiger partial charge in [0.05, 0.1) is 5.52 Å². The van der Waals surface area contributed by atoms with E-state index in [9.17, 15) is 14.7 Å². The Kier molecular flexibility index (Phi) is 4.30. The minimum absolute atomic E-state index is 0.249. The molecular weight excluding hydrogens is 313 g/mol. The monoisotopic (exact) mass is 327 g/mol. The Morgan fingerprint density at radius 1 is 1.29 bits per heavy atom. The molecule has 0 saturated carbocycles. The zero-order chi connectivity index (χ0) is 15.9. The smallest absolute Gasteiger partial charge is 0.265 e. The van der Waals surface area contributed by atoms with Crippen LogP contribution in [-0.2, 0) is 7.05 Å². The Bertz CT molecular complexity index is 779. The second-order valence-electron chi connectivity index (χ2n) is 5.18. The molecule has 0 bridgehead atoms. The molecule has 0 radical (unpaired) electrons. The number of alkyl halides is 2. The van der Waals surface area contributed by atoms with Crippen LogP contribution in [0.2, 0.25) is 0 Å². The number of hydrogen-bond acceptors (Lipinski definition) is 3. The van der Waals surface area contributed by atoms with Gasteiger partial charge in [-0.1, -0.05) is 43.1 Å². The molecule has 2 aromatic rings. The van der Waals surface area contributed by atoms with E-state index in [1.54, 1.807) is 12.1 Å². The number of nitrogens with zero attached hydrogens (tertiary/aromatic N) is 1. The van der Waals surface area contributed by atoms with E-state index < -0.39 is 16.2 Å². The van der Waals surface area contributed by atoms with Crippen LogP contribution >= 0.6 is 23.2 Å². The summed E-state index contributed by atoms with van der Waals surface area (Å²) in [6.07, 6.45) is 0. The van der Waals surface area contributed by atoms with Crippen molar-refractivity contribution in [3.63, 3.8) is 0 Å². The zero-order valence-corrected chi connectivity index (χ0v) is 13.4. The molecule has 2 rings (SSSR count). The number of benzene rings is 1. The van der Waals surface area contributed by atoms with Crippen molar-refractivity contribution >= 4 is 39.9 Å². The second kappa shape index (κ2) is 5.70. The van der Waals surface area contributed by atoms with Crippen LogP contribution in [0.25, 0.3) is 10.9 Å². The minimum atomic E-state index is -1.39. The lowest BCUT2D eigenvalue weighted by molar-refractivity contribution is 0.100. The van der Waals surface area contributed by atoms with E-state index in [0.29, 0.717) is 10.9 Å². The predicted octanol–water partition coefficient (Wildman–Crippen LogP) is 3.35. The molecule has 0 saturated heterocycles. The van der Waals surface area contributed by atoms with Gasteiger partial charge in [-0.25, -0.2) is 0 Å². The number of hydrogen-bond donors (Lipinski definition) is 1. The third-order valence-electron chi connectivity index (χ3n) is 3.50. The van der Waals surface area contributed by atoms with E-state index in [4.69, 9.17) is 23.2 Å². The Hall–Kier alpha value is -1.52. The minimum Gasteiger partial charge on any atom is -0.506 e. The average Bonchev–Trinajstić information content (AvgIpc) is 2.44. The SMILES string of the molecule is CC(C)c1ccc2c(c1)c(O)c(C(=O)C(Cl)Cl)c(=O)n2C. The summed E-state index contributed by atoms with van der Waals surface area (Å²) in [6, 6.07) is 5.40. The van der Waals surface area contributed by atoms with Gasteiger partial charge in [0.1, 0.15) is 11.3 Å². The molecule has 1 heterocycles. The number of fused-ring (bicyclic) bond motifs is 1. The quantitative estimate of drug-likeness (QED) is 0.694. The van der Waals surface area contributed by atoms with E-state index in [0.717, 1.165) is 5.56 Å². The molecule has 1 N–H and O–H groups in total. The summed E-state index contributed by atoms with van der Waals surface area (Å²) in [7, 11) is 1.54. The van der Waals surface area contributed by atoms with Gasteiger partial charge in [-0.15, -0.1) is 0 Å². The molecule has 0 aliphatic heterocycles. The van der Waals surface area contributed by atoms with Crippen LogP contribution in [0.1, 0.15) is 35.7 Å². The average molecular weight is 328 g/mol. The maximum atomic E-state index is 12.2. The van der Waals surface area contributed by atoms with Gasteiger partial charge in [0.2, 0.25) is 5.78 Å². The molecule has 6 heteroatoms. The zero-order valence-electron chi connectivity index (χ0n) is 11.9. The number of carbonyl (C=O) groups excluding carboxylic acids is 1. The molecule has 0 aliphatic carbocycles. The Balaban J connectivity index is 2.89. The Morgan fingerprint density at radius 3 is 2.43 bits per heavy atom. The van der Waals surface area contributed by atoms with Gasteiger partial charge < -0.3 is 9.67 Å². The van der Waals surface area contributed by atoms with Crippen molar-refractivity contribution in [2.75, 3.05) is 0 Å². The molecule has 112 valence electrons. The van der Waals surface area contributed by atoms with Crippen LogP contribution in [-0.4, -0.2) is 20.3 Å². The Morgan fingerprint density at radius 2 is 1.90 bits per heavy atom. The number of aryl methyl sites for hydroxylation is 1. The number of ketones is 1. The van der Waals surface area contributed by atoms with E-state index in [1.165, 1.54) is 11.6 Å². The molecule has 4 nitrogen and oxygen atoms in total. The van der Waals surface area contributed by atoms with Crippen molar-refractivity contribution in [2.45, 2.75) is 24.6 Å². The van der Waals surface area contributed by atoms with E-state index in [2.05, 4.69) is 0 Å². The summed E-state index contributed by atoms with van der Waals surface area (Å²) >= 11 is 11.1. The van der Waals surface area contributed by atoms with Crippen molar-refractivity contribution in [1.82, 2.24) is 4.57 Å². The van der Waals surface area contributed by atoms with Crippen LogP contribution in [0.4, 0.5) is 0 Å². The highest BCUT2D eigenvalue weighted by Crippen LogP contribution is 2.30. The summed E-state index contributed by atoms with van der Waals surface area (Å²) in [5, 5.41) is 10.8. The number of halogens is 2. The standard InChI is InChI=1S/C15H15Cl2NO3/c1-7(2)8-4-5-10-9(6-8)12(19)11(13(20)14(16)17)15(21)18(10)3/h4-7,14,19H,1-3H3. The number of carbonyl (C=O) groups is 1. The number of aromatic nitrogens is 1. The van der Waals surface area contributed by atoms with E-state index >= 15 is 0 Å². The van der Waals surface area contributed by atoms with Gasteiger partial charge in [0.15, 0.2) is 4.84 Å². The van der Waals surface area contributed by atoms with Crippen molar-refractivity contribution in [3.8, 4) is 5.75 Å². The molecule has 0 spiro atoms. The molecule has 0 aliphatic rings. The first kappa shape index (κ1) is 15.9. The van der Waals surface area contributed by atoms with Crippen molar-refractivity contribution in [1.29, 1.82) is 0 Å². The van der Waals surface area contributed by atoms with Gasteiger partial charge in [-0.3, -0.25) is 9.59 Å². The first-order chi connectivity index (χ1) is 9.75. The molecule has 0 unspecified atom stereocenters. The molecule has 1 aromatic carbocycles. The number of Topliss-reactive ketones (excluding diaryl/α,β-unsaturated/α-hetero) is 1. The largest absolute Gasteiger partial charge is 0.506 e. The van der Waals surface area contributed by atoms with Crippen molar-refractivity contribution < 1.29 is 9.90 Å². The highest BCUT2D eigenvalue weighted by Gasteiger charge is 2.25. The summed E-state index contributed by atoms with van der Waals surface area (Å²) in [5.74, 6) is -0.917. The Labute approximate surface area is 131 Å². The van der Waals surface area contributed by atoms with E-state index in [-0.39, 0.29) is 17.2 Å². The van der Waals surface area contributed by atoms with Crippen LogP contribution in [0.5, 0.6) is 5.75 Å². The van der Waals surface area contributed by atoms with Crippen LogP contribution in [0.15, 0.2) is 23.0 Å². The topological polar surface area (TPSA) is 59.3 Å². The summed E-state index contributed by atoms with van der Waals surface area (Å²) in [5.41, 5.74) is 0.539. The first-order valence-electron chi connectivity index (χ1n) is 6.43. The summed E-state index contributed by atoms with van der Waals surface area (Å²) < 4.78 is 1.31. The summed E-state index contributed by atoms with van der Waals surface area (Å²) in [4.78, 5) is 22.8. The summed E-state index contributed by atoms with van der Waals surface area (Å²) in [6.45, 7) is 4.03.